The highest BCUT2D eigenvalue weighted by Gasteiger charge is 2.32. The molecule has 0 radical (unpaired) electrons. The Labute approximate surface area is 104 Å². The molecule has 0 bridgehead atoms. The van der Waals surface area contributed by atoms with Gasteiger partial charge in [0.1, 0.15) is 11.9 Å². The predicted octanol–water partition coefficient (Wildman–Crippen LogP) is 1.79. The zero-order valence-corrected chi connectivity index (χ0v) is 9.80. The predicted molar refractivity (Wildman–Crippen MR) is 62.2 cm³/mol. The van der Waals surface area contributed by atoms with Crippen LogP contribution in [0.2, 0.25) is 0 Å². The molecule has 1 heterocycles. The summed E-state index contributed by atoms with van der Waals surface area (Å²) in [5, 5.41) is 9.09. The standard InChI is InChI=1S/C13H14FNO3/c14-10-6-4-9(5-7-10)8-15-11(13(17)18)2-1-3-12(15)16/h4-7,11H,1-3,8H2,(H,17,18)/t11-/m0/s1. The van der Waals surface area contributed by atoms with E-state index in [1.54, 1.807) is 12.1 Å². The van der Waals surface area contributed by atoms with Gasteiger partial charge in [0.25, 0.3) is 0 Å². The van der Waals surface area contributed by atoms with Gasteiger partial charge < -0.3 is 10.0 Å². The maximum atomic E-state index is 12.8. The number of hydrogen-bond acceptors (Lipinski definition) is 2. The second-order valence-electron chi connectivity index (χ2n) is 4.39. The summed E-state index contributed by atoms with van der Waals surface area (Å²) < 4.78 is 12.8. The van der Waals surface area contributed by atoms with Crippen molar-refractivity contribution in [1.82, 2.24) is 4.90 Å². The molecular formula is C13H14FNO3. The molecule has 0 aliphatic carbocycles. The molecule has 0 spiro atoms. The van der Waals surface area contributed by atoms with E-state index in [4.69, 9.17) is 5.11 Å². The SMILES string of the molecule is O=C(O)[C@@H]1CCCC(=O)N1Cc1ccc(F)cc1. The van der Waals surface area contributed by atoms with Crippen molar-refractivity contribution in [2.24, 2.45) is 0 Å². The van der Waals surface area contributed by atoms with Crippen molar-refractivity contribution in [1.29, 1.82) is 0 Å². The van der Waals surface area contributed by atoms with Crippen LogP contribution < -0.4 is 0 Å². The highest BCUT2D eigenvalue weighted by atomic mass is 19.1. The molecule has 0 saturated carbocycles. The zero-order chi connectivity index (χ0) is 13.1. The first-order chi connectivity index (χ1) is 8.58. The number of rotatable bonds is 3. The number of carboxylic acid groups (broad SMARTS) is 1. The van der Waals surface area contributed by atoms with Gasteiger partial charge in [-0.25, -0.2) is 9.18 Å². The third-order valence-corrected chi connectivity index (χ3v) is 3.12. The summed E-state index contributed by atoms with van der Waals surface area (Å²) in [5.74, 6) is -1.48. The largest absolute Gasteiger partial charge is 0.480 e. The van der Waals surface area contributed by atoms with Crippen LogP contribution in [0.1, 0.15) is 24.8 Å². The number of nitrogens with zero attached hydrogens (tertiary/aromatic N) is 1. The van der Waals surface area contributed by atoms with E-state index in [0.29, 0.717) is 19.3 Å². The molecule has 1 fully saturated rings. The lowest BCUT2D eigenvalue weighted by molar-refractivity contribution is -0.153. The Balaban J connectivity index is 2.15. The van der Waals surface area contributed by atoms with Crippen molar-refractivity contribution in [3.8, 4) is 0 Å². The number of benzene rings is 1. The molecule has 5 heteroatoms. The summed E-state index contributed by atoms with van der Waals surface area (Å²) in [5.41, 5.74) is 0.734. The average molecular weight is 251 g/mol. The van der Waals surface area contributed by atoms with Gasteiger partial charge in [-0.2, -0.15) is 0 Å². The Morgan fingerprint density at radius 2 is 2.06 bits per heavy atom. The van der Waals surface area contributed by atoms with Crippen molar-refractivity contribution in [3.63, 3.8) is 0 Å². The monoisotopic (exact) mass is 251 g/mol. The fraction of sp³-hybridized carbons (Fsp3) is 0.385. The van der Waals surface area contributed by atoms with Gasteiger partial charge in [-0.1, -0.05) is 12.1 Å². The lowest BCUT2D eigenvalue weighted by Crippen LogP contribution is -2.47. The third kappa shape index (κ3) is 2.67. The van der Waals surface area contributed by atoms with Crippen molar-refractivity contribution < 1.29 is 19.1 Å². The van der Waals surface area contributed by atoms with Gasteiger partial charge >= 0.3 is 5.97 Å². The summed E-state index contributed by atoms with van der Waals surface area (Å²) in [4.78, 5) is 24.2. The van der Waals surface area contributed by atoms with Gasteiger partial charge in [0.15, 0.2) is 0 Å². The van der Waals surface area contributed by atoms with Crippen LogP contribution in [0.5, 0.6) is 0 Å². The Kier molecular flexibility index (Phi) is 3.60. The number of carbonyl (C=O) groups excluding carboxylic acids is 1. The molecule has 1 atom stereocenters. The topological polar surface area (TPSA) is 57.6 Å². The van der Waals surface area contributed by atoms with E-state index < -0.39 is 12.0 Å². The van der Waals surface area contributed by atoms with Gasteiger partial charge in [0.2, 0.25) is 5.91 Å². The molecule has 1 amide bonds. The van der Waals surface area contributed by atoms with E-state index in [0.717, 1.165) is 5.56 Å². The van der Waals surface area contributed by atoms with Crippen LogP contribution in [-0.2, 0) is 16.1 Å². The molecular weight excluding hydrogens is 237 g/mol. The van der Waals surface area contributed by atoms with Crippen molar-refractivity contribution in [2.45, 2.75) is 31.8 Å². The second-order valence-corrected chi connectivity index (χ2v) is 4.39. The van der Waals surface area contributed by atoms with Crippen LogP contribution in [0, 0.1) is 5.82 Å². The summed E-state index contributed by atoms with van der Waals surface area (Å²) in [6.07, 6.45) is 1.46. The molecule has 1 N–H and O–H groups in total. The average Bonchev–Trinajstić information content (AvgIpc) is 2.34. The second kappa shape index (κ2) is 5.16. The molecule has 1 aliphatic heterocycles. The highest BCUT2D eigenvalue weighted by Crippen LogP contribution is 2.21. The minimum absolute atomic E-state index is 0.155. The van der Waals surface area contributed by atoms with Gasteiger partial charge in [-0.3, -0.25) is 4.79 Å². The molecule has 0 aromatic heterocycles. The Hall–Kier alpha value is -1.91. The number of aliphatic carboxylic acids is 1. The van der Waals surface area contributed by atoms with Crippen LogP contribution in [0.25, 0.3) is 0 Å². The fourth-order valence-corrected chi connectivity index (χ4v) is 2.16. The summed E-state index contributed by atoms with van der Waals surface area (Å²) in [6, 6.07) is 4.97. The van der Waals surface area contributed by atoms with Gasteiger partial charge in [0.05, 0.1) is 0 Å². The first-order valence-electron chi connectivity index (χ1n) is 5.84. The number of carboxylic acids is 1. The quantitative estimate of drug-likeness (QED) is 0.891. The maximum Gasteiger partial charge on any atom is 0.326 e. The lowest BCUT2D eigenvalue weighted by Gasteiger charge is -2.32. The van der Waals surface area contributed by atoms with Crippen molar-refractivity contribution in [2.75, 3.05) is 0 Å². The van der Waals surface area contributed by atoms with Crippen LogP contribution in [-0.4, -0.2) is 27.9 Å². The van der Waals surface area contributed by atoms with E-state index in [1.165, 1.54) is 17.0 Å². The van der Waals surface area contributed by atoms with Crippen LogP contribution in [0.4, 0.5) is 4.39 Å². The molecule has 18 heavy (non-hydrogen) atoms. The van der Waals surface area contributed by atoms with Crippen LogP contribution in [0.3, 0.4) is 0 Å². The molecule has 1 aromatic rings. The number of halogens is 1. The van der Waals surface area contributed by atoms with Gasteiger partial charge in [0, 0.05) is 13.0 Å². The van der Waals surface area contributed by atoms with Crippen molar-refractivity contribution >= 4 is 11.9 Å². The van der Waals surface area contributed by atoms with E-state index in [2.05, 4.69) is 0 Å². The molecule has 1 aliphatic rings. The number of amides is 1. The fourth-order valence-electron chi connectivity index (χ4n) is 2.16. The molecule has 4 nitrogen and oxygen atoms in total. The molecule has 0 unspecified atom stereocenters. The Morgan fingerprint density at radius 1 is 1.39 bits per heavy atom. The number of hydrogen-bond donors (Lipinski definition) is 1. The lowest BCUT2D eigenvalue weighted by atomic mass is 10.0. The zero-order valence-electron chi connectivity index (χ0n) is 9.80. The Morgan fingerprint density at radius 3 is 2.67 bits per heavy atom. The van der Waals surface area contributed by atoms with Crippen LogP contribution in [0.15, 0.2) is 24.3 Å². The first kappa shape index (κ1) is 12.5. The highest BCUT2D eigenvalue weighted by molar-refractivity contribution is 5.84. The van der Waals surface area contributed by atoms with Crippen LogP contribution >= 0.6 is 0 Å². The maximum absolute atomic E-state index is 12.8. The summed E-state index contributed by atoms with van der Waals surface area (Å²) >= 11 is 0. The number of piperidine rings is 1. The Bertz CT molecular complexity index is 458. The van der Waals surface area contributed by atoms with E-state index in [9.17, 15) is 14.0 Å². The van der Waals surface area contributed by atoms with E-state index in [1.807, 2.05) is 0 Å². The number of carbonyl (C=O) groups is 2. The first-order valence-corrected chi connectivity index (χ1v) is 5.84. The molecule has 2 rings (SSSR count). The normalized spacial score (nSPS) is 19.9. The van der Waals surface area contributed by atoms with Gasteiger partial charge in [-0.05, 0) is 30.5 Å². The van der Waals surface area contributed by atoms with Gasteiger partial charge in [-0.15, -0.1) is 0 Å². The minimum atomic E-state index is -0.981. The van der Waals surface area contributed by atoms with E-state index >= 15 is 0 Å². The van der Waals surface area contributed by atoms with E-state index in [-0.39, 0.29) is 18.3 Å². The molecule has 1 saturated heterocycles. The summed E-state index contributed by atoms with van der Waals surface area (Å²) in [6.45, 7) is 0.218. The third-order valence-electron chi connectivity index (χ3n) is 3.12. The molecule has 96 valence electrons. The summed E-state index contributed by atoms with van der Waals surface area (Å²) in [7, 11) is 0. The van der Waals surface area contributed by atoms with Crippen molar-refractivity contribution in [3.05, 3.63) is 35.6 Å². The minimum Gasteiger partial charge on any atom is -0.480 e. The molecule has 1 aromatic carbocycles. The smallest absolute Gasteiger partial charge is 0.326 e. The number of likely N-dealkylation sites (tertiary alicyclic amines) is 1.